The molecule has 0 radical (unpaired) electrons. The van der Waals surface area contributed by atoms with Crippen molar-refractivity contribution in [2.75, 3.05) is 18.5 Å². The quantitative estimate of drug-likeness (QED) is 0.860. The van der Waals surface area contributed by atoms with Gasteiger partial charge in [-0.05, 0) is 44.2 Å². The first kappa shape index (κ1) is 13.4. The number of nitrogens with one attached hydrogen (secondary N) is 2. The SMILES string of the molecule is CC1NCCC1C(=O)Nc1ccc(OCC#N)cc1. The van der Waals surface area contributed by atoms with E-state index in [9.17, 15) is 4.79 Å². The number of nitriles is 1. The Kier molecular flexibility index (Phi) is 4.37. The molecule has 1 aromatic carbocycles. The summed E-state index contributed by atoms with van der Waals surface area (Å²) in [5, 5.41) is 14.6. The van der Waals surface area contributed by atoms with Gasteiger partial charge < -0.3 is 15.4 Å². The maximum Gasteiger partial charge on any atom is 0.229 e. The summed E-state index contributed by atoms with van der Waals surface area (Å²) >= 11 is 0. The summed E-state index contributed by atoms with van der Waals surface area (Å²) in [7, 11) is 0. The average molecular weight is 259 g/mol. The van der Waals surface area contributed by atoms with E-state index in [0.717, 1.165) is 18.7 Å². The first-order valence-corrected chi connectivity index (χ1v) is 6.35. The van der Waals surface area contributed by atoms with Gasteiger partial charge in [0.15, 0.2) is 6.61 Å². The highest BCUT2D eigenvalue weighted by Crippen LogP contribution is 2.20. The minimum absolute atomic E-state index is 0.0227. The monoisotopic (exact) mass is 259 g/mol. The molecule has 1 saturated heterocycles. The van der Waals surface area contributed by atoms with E-state index in [2.05, 4.69) is 10.6 Å². The smallest absolute Gasteiger partial charge is 0.229 e. The van der Waals surface area contributed by atoms with Crippen LogP contribution in [0.15, 0.2) is 24.3 Å². The summed E-state index contributed by atoms with van der Waals surface area (Å²) in [6, 6.07) is 9.16. The zero-order chi connectivity index (χ0) is 13.7. The van der Waals surface area contributed by atoms with Crippen molar-refractivity contribution in [3.05, 3.63) is 24.3 Å². The fraction of sp³-hybridized carbons (Fsp3) is 0.429. The van der Waals surface area contributed by atoms with Gasteiger partial charge in [0.25, 0.3) is 0 Å². The first-order valence-electron chi connectivity index (χ1n) is 6.35. The Morgan fingerprint density at radius 2 is 2.26 bits per heavy atom. The summed E-state index contributed by atoms with van der Waals surface area (Å²) in [6.45, 7) is 2.94. The molecule has 1 aliphatic heterocycles. The average Bonchev–Trinajstić information content (AvgIpc) is 2.84. The number of anilines is 1. The number of nitrogens with zero attached hydrogens (tertiary/aromatic N) is 1. The topological polar surface area (TPSA) is 74.2 Å². The van der Waals surface area contributed by atoms with Gasteiger partial charge in [0.1, 0.15) is 11.8 Å². The molecule has 1 fully saturated rings. The molecule has 2 rings (SSSR count). The van der Waals surface area contributed by atoms with Gasteiger partial charge >= 0.3 is 0 Å². The fourth-order valence-corrected chi connectivity index (χ4v) is 2.20. The van der Waals surface area contributed by atoms with Gasteiger partial charge in [-0.25, -0.2) is 0 Å². The minimum Gasteiger partial charge on any atom is -0.479 e. The molecule has 0 aliphatic carbocycles. The van der Waals surface area contributed by atoms with Crippen LogP contribution < -0.4 is 15.4 Å². The predicted octanol–water partition coefficient (Wildman–Crippen LogP) is 1.53. The second-order valence-corrected chi connectivity index (χ2v) is 4.60. The highest BCUT2D eigenvalue weighted by molar-refractivity contribution is 5.93. The lowest BCUT2D eigenvalue weighted by Crippen LogP contribution is -2.32. The molecule has 5 heteroatoms. The van der Waals surface area contributed by atoms with Crippen molar-refractivity contribution in [3.8, 4) is 11.8 Å². The lowest BCUT2D eigenvalue weighted by molar-refractivity contribution is -0.120. The summed E-state index contributed by atoms with van der Waals surface area (Å²) in [4.78, 5) is 12.1. The van der Waals surface area contributed by atoms with E-state index in [1.807, 2.05) is 13.0 Å². The van der Waals surface area contributed by atoms with Gasteiger partial charge in [0.05, 0.1) is 5.92 Å². The van der Waals surface area contributed by atoms with Crippen LogP contribution in [-0.2, 0) is 4.79 Å². The van der Waals surface area contributed by atoms with Gasteiger partial charge in [-0.2, -0.15) is 5.26 Å². The molecule has 1 aromatic rings. The molecule has 2 unspecified atom stereocenters. The number of amides is 1. The molecule has 0 saturated carbocycles. The zero-order valence-electron chi connectivity index (χ0n) is 10.8. The van der Waals surface area contributed by atoms with E-state index in [1.165, 1.54) is 0 Å². The Hall–Kier alpha value is -2.06. The molecule has 2 N–H and O–H groups in total. The third kappa shape index (κ3) is 3.46. The van der Waals surface area contributed by atoms with Crippen LogP contribution in [-0.4, -0.2) is 25.1 Å². The van der Waals surface area contributed by atoms with Crippen molar-refractivity contribution in [2.45, 2.75) is 19.4 Å². The summed E-state index contributed by atoms with van der Waals surface area (Å²) in [6.07, 6.45) is 0.871. The molecule has 5 nitrogen and oxygen atoms in total. The van der Waals surface area contributed by atoms with Crippen LogP contribution >= 0.6 is 0 Å². The van der Waals surface area contributed by atoms with Crippen molar-refractivity contribution in [3.63, 3.8) is 0 Å². The van der Waals surface area contributed by atoms with Gasteiger partial charge in [-0.3, -0.25) is 4.79 Å². The lowest BCUT2D eigenvalue weighted by atomic mass is 10.0. The Balaban J connectivity index is 1.92. The number of hydrogen-bond acceptors (Lipinski definition) is 4. The molecule has 0 aromatic heterocycles. The highest BCUT2D eigenvalue weighted by Gasteiger charge is 2.29. The number of benzene rings is 1. The Labute approximate surface area is 112 Å². The van der Waals surface area contributed by atoms with Crippen molar-refractivity contribution in [1.29, 1.82) is 5.26 Å². The van der Waals surface area contributed by atoms with Crippen LogP contribution in [0.25, 0.3) is 0 Å². The molecule has 1 heterocycles. The molecule has 100 valence electrons. The van der Waals surface area contributed by atoms with Gasteiger partial charge in [-0.1, -0.05) is 0 Å². The minimum atomic E-state index is 0.0227. The molecular weight excluding hydrogens is 242 g/mol. The Morgan fingerprint density at radius 1 is 1.53 bits per heavy atom. The number of ether oxygens (including phenoxy) is 1. The number of hydrogen-bond donors (Lipinski definition) is 2. The van der Waals surface area contributed by atoms with E-state index in [1.54, 1.807) is 24.3 Å². The van der Waals surface area contributed by atoms with Crippen LogP contribution in [0.1, 0.15) is 13.3 Å². The van der Waals surface area contributed by atoms with Gasteiger partial charge in [0, 0.05) is 11.7 Å². The molecule has 2 atom stereocenters. The van der Waals surface area contributed by atoms with E-state index in [4.69, 9.17) is 10.00 Å². The molecular formula is C14H17N3O2. The van der Waals surface area contributed by atoms with Gasteiger partial charge in [-0.15, -0.1) is 0 Å². The van der Waals surface area contributed by atoms with E-state index >= 15 is 0 Å². The summed E-state index contributed by atoms with van der Waals surface area (Å²) in [5.41, 5.74) is 0.744. The lowest BCUT2D eigenvalue weighted by Gasteiger charge is -2.15. The molecule has 1 amide bonds. The number of rotatable bonds is 4. The van der Waals surface area contributed by atoms with Crippen LogP contribution in [0.5, 0.6) is 5.75 Å². The number of carbonyl (C=O) groups excluding carboxylic acids is 1. The summed E-state index contributed by atoms with van der Waals surface area (Å²) in [5.74, 6) is 0.688. The van der Waals surface area contributed by atoms with Crippen LogP contribution in [0, 0.1) is 17.2 Å². The van der Waals surface area contributed by atoms with E-state index in [-0.39, 0.29) is 24.5 Å². The Morgan fingerprint density at radius 3 is 2.84 bits per heavy atom. The summed E-state index contributed by atoms with van der Waals surface area (Å²) < 4.78 is 5.15. The molecule has 0 spiro atoms. The predicted molar refractivity (Wildman–Crippen MR) is 71.8 cm³/mol. The standard InChI is InChI=1S/C14H17N3O2/c1-10-13(6-8-16-10)14(18)17-11-2-4-12(5-3-11)19-9-7-15/h2-5,10,13,16H,6,8-9H2,1H3,(H,17,18). The van der Waals surface area contributed by atoms with Crippen molar-refractivity contribution < 1.29 is 9.53 Å². The maximum absolute atomic E-state index is 12.1. The van der Waals surface area contributed by atoms with E-state index < -0.39 is 0 Å². The third-order valence-corrected chi connectivity index (χ3v) is 3.29. The fourth-order valence-electron chi connectivity index (χ4n) is 2.20. The number of carbonyl (C=O) groups is 1. The maximum atomic E-state index is 12.1. The first-order chi connectivity index (χ1) is 9.20. The van der Waals surface area contributed by atoms with Crippen molar-refractivity contribution >= 4 is 11.6 Å². The van der Waals surface area contributed by atoms with Crippen LogP contribution in [0.3, 0.4) is 0 Å². The third-order valence-electron chi connectivity index (χ3n) is 3.29. The molecule has 19 heavy (non-hydrogen) atoms. The van der Waals surface area contributed by atoms with Crippen LogP contribution in [0.2, 0.25) is 0 Å². The second-order valence-electron chi connectivity index (χ2n) is 4.60. The van der Waals surface area contributed by atoms with Crippen molar-refractivity contribution in [1.82, 2.24) is 5.32 Å². The largest absolute Gasteiger partial charge is 0.479 e. The van der Waals surface area contributed by atoms with Gasteiger partial charge in [0.2, 0.25) is 5.91 Å². The second kappa shape index (κ2) is 6.21. The van der Waals surface area contributed by atoms with Crippen LogP contribution in [0.4, 0.5) is 5.69 Å². The Bertz CT molecular complexity index is 478. The highest BCUT2D eigenvalue weighted by atomic mass is 16.5. The van der Waals surface area contributed by atoms with Crippen molar-refractivity contribution in [2.24, 2.45) is 5.92 Å². The van der Waals surface area contributed by atoms with E-state index in [0.29, 0.717) is 5.75 Å². The molecule has 1 aliphatic rings. The zero-order valence-corrected chi connectivity index (χ0v) is 10.8. The normalized spacial score (nSPS) is 21.7. The molecule has 0 bridgehead atoms.